The predicted octanol–water partition coefficient (Wildman–Crippen LogP) is 4.09. The van der Waals surface area contributed by atoms with Gasteiger partial charge in [-0.15, -0.1) is 0 Å². The Bertz CT molecular complexity index is 792. The number of ether oxygens (including phenoxy) is 1. The lowest BCUT2D eigenvalue weighted by atomic mass is 10.3. The van der Waals surface area contributed by atoms with Crippen LogP contribution in [0.15, 0.2) is 47.6 Å². The first-order valence-electron chi connectivity index (χ1n) is 5.99. The zero-order valence-corrected chi connectivity index (χ0v) is 11.8. The molecular formula is C15H8ClFN4O. The minimum atomic E-state index is -0.435. The minimum Gasteiger partial charge on any atom is -0.455 e. The molecule has 0 aliphatic heterocycles. The summed E-state index contributed by atoms with van der Waals surface area (Å²) in [6, 6.07) is 13.5. The smallest absolute Gasteiger partial charge is 0.237 e. The second-order valence-corrected chi connectivity index (χ2v) is 4.43. The molecule has 0 radical (unpaired) electrons. The molecular weight excluding hydrogens is 307 g/mol. The quantitative estimate of drug-likeness (QED) is 0.680. The number of hydrogen-bond donors (Lipinski definition) is 1. The number of rotatable bonds is 4. The Kier molecular flexibility index (Phi) is 4.92. The molecule has 2 rings (SSSR count). The fourth-order valence-electron chi connectivity index (χ4n) is 1.53. The Morgan fingerprint density at radius 2 is 1.95 bits per heavy atom. The molecule has 0 saturated carbocycles. The highest BCUT2D eigenvalue weighted by atomic mass is 35.5. The van der Waals surface area contributed by atoms with E-state index in [0.29, 0.717) is 16.5 Å². The maximum absolute atomic E-state index is 13.2. The first-order valence-corrected chi connectivity index (χ1v) is 6.37. The van der Waals surface area contributed by atoms with Gasteiger partial charge in [0.2, 0.25) is 5.71 Å². The van der Waals surface area contributed by atoms with Crippen molar-refractivity contribution in [2.24, 2.45) is 5.10 Å². The molecule has 0 aliphatic rings. The third kappa shape index (κ3) is 3.95. The molecule has 0 aromatic heterocycles. The molecule has 108 valence electrons. The Labute approximate surface area is 130 Å². The van der Waals surface area contributed by atoms with E-state index in [2.05, 4.69) is 10.5 Å². The molecule has 22 heavy (non-hydrogen) atoms. The van der Waals surface area contributed by atoms with Gasteiger partial charge in [-0.05, 0) is 30.3 Å². The van der Waals surface area contributed by atoms with Crippen molar-refractivity contribution in [2.45, 2.75) is 0 Å². The monoisotopic (exact) mass is 314 g/mol. The Hall–Kier alpha value is -3.09. The Morgan fingerprint density at radius 1 is 1.18 bits per heavy atom. The zero-order valence-electron chi connectivity index (χ0n) is 11.0. The van der Waals surface area contributed by atoms with Crippen LogP contribution in [-0.2, 0) is 0 Å². The van der Waals surface area contributed by atoms with Crippen molar-refractivity contribution in [2.75, 3.05) is 5.43 Å². The molecule has 0 heterocycles. The number of anilines is 1. The number of nitrogens with one attached hydrogen (secondary N) is 1. The van der Waals surface area contributed by atoms with Gasteiger partial charge in [0.05, 0.1) is 0 Å². The predicted molar refractivity (Wildman–Crippen MR) is 80.2 cm³/mol. The van der Waals surface area contributed by atoms with Crippen LogP contribution in [0.3, 0.4) is 0 Å². The summed E-state index contributed by atoms with van der Waals surface area (Å²) < 4.78 is 18.7. The average Bonchev–Trinajstić information content (AvgIpc) is 2.51. The fraction of sp³-hybridized carbons (Fsp3) is 0. The number of hydrogen-bond acceptors (Lipinski definition) is 5. The van der Waals surface area contributed by atoms with E-state index in [0.717, 1.165) is 0 Å². The van der Waals surface area contributed by atoms with E-state index in [1.165, 1.54) is 24.3 Å². The van der Waals surface area contributed by atoms with Crippen LogP contribution in [-0.4, -0.2) is 5.71 Å². The van der Waals surface area contributed by atoms with Gasteiger partial charge < -0.3 is 4.74 Å². The van der Waals surface area contributed by atoms with Crippen molar-refractivity contribution in [1.29, 1.82) is 10.5 Å². The van der Waals surface area contributed by atoms with Gasteiger partial charge in [-0.3, -0.25) is 5.43 Å². The van der Waals surface area contributed by atoms with Gasteiger partial charge >= 0.3 is 0 Å². The van der Waals surface area contributed by atoms with Crippen molar-refractivity contribution < 1.29 is 9.13 Å². The fourth-order valence-corrected chi connectivity index (χ4v) is 1.70. The van der Waals surface area contributed by atoms with Crippen molar-refractivity contribution in [3.63, 3.8) is 0 Å². The van der Waals surface area contributed by atoms with Gasteiger partial charge in [0.25, 0.3) is 0 Å². The summed E-state index contributed by atoms with van der Waals surface area (Å²) in [5, 5.41) is 21.3. The van der Waals surface area contributed by atoms with Crippen molar-refractivity contribution >= 4 is 23.0 Å². The molecule has 0 amide bonds. The Balaban J connectivity index is 2.30. The largest absolute Gasteiger partial charge is 0.455 e. The molecule has 0 aliphatic carbocycles. The molecule has 5 nitrogen and oxygen atoms in total. The van der Waals surface area contributed by atoms with Gasteiger partial charge in [0.1, 0.15) is 29.4 Å². The number of hydrazone groups is 1. The third-order valence-corrected chi connectivity index (χ3v) is 2.70. The number of nitrogens with zero attached hydrogens (tertiary/aromatic N) is 3. The molecule has 2 aromatic rings. The minimum absolute atomic E-state index is 0.287. The van der Waals surface area contributed by atoms with Crippen LogP contribution >= 0.6 is 11.6 Å². The number of nitriles is 2. The summed E-state index contributed by atoms with van der Waals surface area (Å²) in [6.07, 6.45) is 0. The first-order chi connectivity index (χ1) is 10.6. The van der Waals surface area contributed by atoms with Crippen LogP contribution in [0.25, 0.3) is 0 Å². The van der Waals surface area contributed by atoms with E-state index < -0.39 is 5.82 Å². The van der Waals surface area contributed by atoms with E-state index in [1.807, 2.05) is 0 Å². The Morgan fingerprint density at radius 3 is 2.64 bits per heavy atom. The first kappa shape index (κ1) is 15.3. The van der Waals surface area contributed by atoms with Crippen molar-refractivity contribution in [1.82, 2.24) is 0 Å². The summed E-state index contributed by atoms with van der Waals surface area (Å²) in [5.41, 5.74) is 2.51. The molecule has 0 unspecified atom stereocenters. The van der Waals surface area contributed by atoms with E-state index >= 15 is 0 Å². The second kappa shape index (κ2) is 7.07. The van der Waals surface area contributed by atoms with E-state index in [9.17, 15) is 4.39 Å². The molecule has 2 aromatic carbocycles. The van der Waals surface area contributed by atoms with Crippen LogP contribution < -0.4 is 10.2 Å². The maximum atomic E-state index is 13.2. The molecule has 0 saturated heterocycles. The molecule has 1 N–H and O–H groups in total. The lowest BCUT2D eigenvalue weighted by molar-refractivity contribution is 0.478. The summed E-state index contributed by atoms with van der Waals surface area (Å²) >= 11 is 5.89. The third-order valence-electron chi connectivity index (χ3n) is 2.47. The summed E-state index contributed by atoms with van der Waals surface area (Å²) in [6.45, 7) is 0. The van der Waals surface area contributed by atoms with Gasteiger partial charge in [-0.2, -0.15) is 15.6 Å². The maximum Gasteiger partial charge on any atom is 0.237 e. The van der Waals surface area contributed by atoms with Crippen LogP contribution in [0.5, 0.6) is 11.5 Å². The number of benzene rings is 2. The van der Waals surface area contributed by atoms with Crippen molar-refractivity contribution in [3.8, 4) is 23.6 Å². The van der Waals surface area contributed by atoms with Gasteiger partial charge in [0, 0.05) is 11.1 Å². The molecule has 7 heteroatoms. The molecule has 0 bridgehead atoms. The second-order valence-electron chi connectivity index (χ2n) is 4.00. The SMILES string of the molecule is N#CC(C#N)=NNc1cc(Cl)ccc1Oc1cccc(F)c1. The molecule has 0 fully saturated rings. The lowest BCUT2D eigenvalue weighted by Gasteiger charge is -2.11. The van der Waals surface area contributed by atoms with Crippen LogP contribution in [0.4, 0.5) is 10.1 Å². The van der Waals surface area contributed by atoms with E-state index in [4.69, 9.17) is 26.9 Å². The lowest BCUT2D eigenvalue weighted by Crippen LogP contribution is -1.98. The summed E-state index contributed by atoms with van der Waals surface area (Å²) in [5.74, 6) is 0.166. The highest BCUT2D eigenvalue weighted by molar-refractivity contribution is 6.30. The number of halogens is 2. The molecule has 0 atom stereocenters. The van der Waals surface area contributed by atoms with Gasteiger partial charge in [0.15, 0.2) is 5.75 Å². The van der Waals surface area contributed by atoms with Crippen LogP contribution in [0, 0.1) is 28.5 Å². The highest BCUT2D eigenvalue weighted by Crippen LogP contribution is 2.32. The van der Waals surface area contributed by atoms with Gasteiger partial charge in [-0.25, -0.2) is 4.39 Å². The van der Waals surface area contributed by atoms with Crippen molar-refractivity contribution in [3.05, 3.63) is 53.3 Å². The zero-order chi connectivity index (χ0) is 15.9. The normalized spacial score (nSPS) is 9.27. The van der Waals surface area contributed by atoms with E-state index in [-0.39, 0.29) is 11.5 Å². The van der Waals surface area contributed by atoms with Gasteiger partial charge in [-0.1, -0.05) is 17.7 Å². The average molecular weight is 315 g/mol. The molecule has 0 spiro atoms. The topological polar surface area (TPSA) is 81.2 Å². The highest BCUT2D eigenvalue weighted by Gasteiger charge is 2.07. The van der Waals surface area contributed by atoms with E-state index in [1.54, 1.807) is 30.3 Å². The standard InChI is InChI=1S/C15H8ClFN4O/c16-10-4-5-15(22-13-3-1-2-11(17)7-13)14(6-10)21-20-12(8-18)9-19/h1-7,21H. The van der Waals surface area contributed by atoms with Crippen LogP contribution in [0.2, 0.25) is 5.02 Å². The summed E-state index contributed by atoms with van der Waals surface area (Å²) in [4.78, 5) is 0. The van der Waals surface area contributed by atoms with Crippen LogP contribution in [0.1, 0.15) is 0 Å². The summed E-state index contributed by atoms with van der Waals surface area (Å²) in [7, 11) is 0.